The number of benzene rings is 4. The van der Waals surface area contributed by atoms with E-state index in [1.54, 1.807) is 0 Å². The molecule has 136 valence electrons. The lowest BCUT2D eigenvalue weighted by Gasteiger charge is -2.12. The summed E-state index contributed by atoms with van der Waals surface area (Å²) in [7, 11) is 0. The zero-order chi connectivity index (χ0) is 19.5. The minimum atomic E-state index is 1.14. The van der Waals surface area contributed by atoms with E-state index >= 15 is 0 Å². The number of aryl methyl sites for hydroxylation is 2. The Bertz CT molecular complexity index is 1070. The number of hydrogen-bond acceptors (Lipinski definition) is 0. The summed E-state index contributed by atoms with van der Waals surface area (Å²) in [6.45, 7) is 8.14. The van der Waals surface area contributed by atoms with E-state index in [0.717, 1.165) is 5.56 Å². The lowest BCUT2D eigenvalue weighted by Crippen LogP contribution is -1.87. The van der Waals surface area contributed by atoms with Gasteiger partial charge in [-0.25, -0.2) is 0 Å². The zero-order valence-electron chi connectivity index (χ0n) is 16.4. The van der Waals surface area contributed by atoms with Gasteiger partial charge < -0.3 is 0 Å². The number of rotatable bonds is 4. The fourth-order valence-corrected chi connectivity index (χ4v) is 3.59. The smallest absolute Gasteiger partial charge is 0.0172 e. The van der Waals surface area contributed by atoms with Crippen LogP contribution in [0.3, 0.4) is 0 Å². The highest BCUT2D eigenvalue weighted by Gasteiger charge is 2.08. The molecule has 0 radical (unpaired) electrons. The number of hydrogen-bond donors (Lipinski definition) is 0. The zero-order valence-corrected chi connectivity index (χ0v) is 16.4. The highest BCUT2D eigenvalue weighted by molar-refractivity contribution is 5.81. The Balaban J connectivity index is 1.90. The second-order valence-corrected chi connectivity index (χ2v) is 7.36. The predicted octanol–water partition coefficient (Wildman–Crippen LogP) is 7.95. The molecule has 0 heteroatoms. The van der Waals surface area contributed by atoms with E-state index in [9.17, 15) is 0 Å². The molecule has 0 aromatic heterocycles. The van der Waals surface area contributed by atoms with Crippen molar-refractivity contribution in [1.82, 2.24) is 0 Å². The van der Waals surface area contributed by atoms with Crippen molar-refractivity contribution in [2.45, 2.75) is 13.8 Å². The molecular formula is C28H24. The van der Waals surface area contributed by atoms with Crippen molar-refractivity contribution in [3.05, 3.63) is 114 Å². The maximum atomic E-state index is 3.86. The summed E-state index contributed by atoms with van der Waals surface area (Å²) < 4.78 is 0. The quantitative estimate of drug-likeness (QED) is 0.346. The Hall–Kier alpha value is -3.38. The van der Waals surface area contributed by atoms with Crippen molar-refractivity contribution in [1.29, 1.82) is 0 Å². The fraction of sp³-hybridized carbons (Fsp3) is 0.0714. The van der Waals surface area contributed by atoms with Crippen LogP contribution in [0.1, 0.15) is 16.7 Å². The van der Waals surface area contributed by atoms with Gasteiger partial charge in [0, 0.05) is 0 Å². The summed E-state index contributed by atoms with van der Waals surface area (Å²) in [4.78, 5) is 0. The Morgan fingerprint density at radius 1 is 0.500 bits per heavy atom. The molecule has 0 amide bonds. The van der Waals surface area contributed by atoms with Crippen LogP contribution in [-0.2, 0) is 0 Å². The van der Waals surface area contributed by atoms with E-state index in [2.05, 4.69) is 111 Å². The molecule has 0 aliphatic heterocycles. The van der Waals surface area contributed by atoms with Crippen LogP contribution in [-0.4, -0.2) is 0 Å². The van der Waals surface area contributed by atoms with Crippen LogP contribution < -0.4 is 0 Å². The fourth-order valence-electron chi connectivity index (χ4n) is 3.59. The first kappa shape index (κ1) is 18.0. The van der Waals surface area contributed by atoms with Crippen molar-refractivity contribution in [3.63, 3.8) is 0 Å². The molecule has 0 N–H and O–H groups in total. The van der Waals surface area contributed by atoms with E-state index in [4.69, 9.17) is 0 Å². The van der Waals surface area contributed by atoms with Gasteiger partial charge in [0.05, 0.1) is 0 Å². The van der Waals surface area contributed by atoms with Gasteiger partial charge in [-0.1, -0.05) is 96.6 Å². The third-order valence-electron chi connectivity index (χ3n) is 5.12. The molecule has 0 bridgehead atoms. The summed E-state index contributed by atoms with van der Waals surface area (Å²) in [5.41, 5.74) is 11.1. The summed E-state index contributed by atoms with van der Waals surface area (Å²) in [5.74, 6) is 0. The standard InChI is InChI=1S/C28H24/c1-4-22-11-13-23(14-12-22)26-17-27(24-9-5-7-20(2)15-24)19-28(18-26)25-10-6-8-21(3)16-25/h4-19H,1H2,2-3H3. The van der Waals surface area contributed by atoms with Crippen LogP contribution in [0.2, 0.25) is 0 Å². The minimum absolute atomic E-state index is 1.14. The average molecular weight is 361 g/mol. The molecule has 0 saturated heterocycles. The molecule has 0 nitrogen and oxygen atoms in total. The third-order valence-corrected chi connectivity index (χ3v) is 5.12. The molecule has 0 aliphatic rings. The molecule has 0 heterocycles. The van der Waals surface area contributed by atoms with Gasteiger partial charge in [0.2, 0.25) is 0 Å². The van der Waals surface area contributed by atoms with Gasteiger partial charge in [-0.3, -0.25) is 0 Å². The SMILES string of the molecule is C=Cc1ccc(-c2cc(-c3cccc(C)c3)cc(-c3cccc(C)c3)c2)cc1. The highest BCUT2D eigenvalue weighted by atomic mass is 14.1. The average Bonchev–Trinajstić information content (AvgIpc) is 2.73. The van der Waals surface area contributed by atoms with Crippen molar-refractivity contribution >= 4 is 6.08 Å². The van der Waals surface area contributed by atoms with Crippen LogP contribution in [0.5, 0.6) is 0 Å². The molecule has 0 spiro atoms. The second kappa shape index (κ2) is 7.70. The van der Waals surface area contributed by atoms with Gasteiger partial charge in [0.15, 0.2) is 0 Å². The van der Waals surface area contributed by atoms with Crippen LogP contribution in [0, 0.1) is 13.8 Å². The van der Waals surface area contributed by atoms with Gasteiger partial charge >= 0.3 is 0 Å². The molecule has 4 aromatic carbocycles. The normalized spacial score (nSPS) is 10.6. The Kier molecular flexibility index (Phi) is 4.95. The molecular weight excluding hydrogens is 336 g/mol. The summed E-state index contributed by atoms with van der Waals surface area (Å²) in [6.07, 6.45) is 1.88. The first-order chi connectivity index (χ1) is 13.6. The highest BCUT2D eigenvalue weighted by Crippen LogP contribution is 2.33. The second-order valence-electron chi connectivity index (χ2n) is 7.36. The third kappa shape index (κ3) is 3.82. The lowest BCUT2D eigenvalue weighted by atomic mass is 9.92. The van der Waals surface area contributed by atoms with Crippen LogP contribution in [0.4, 0.5) is 0 Å². The Morgan fingerprint density at radius 2 is 0.964 bits per heavy atom. The summed E-state index contributed by atoms with van der Waals surface area (Å²) >= 11 is 0. The van der Waals surface area contributed by atoms with Crippen molar-refractivity contribution in [2.24, 2.45) is 0 Å². The molecule has 0 saturated carbocycles. The minimum Gasteiger partial charge on any atom is -0.0985 e. The predicted molar refractivity (Wildman–Crippen MR) is 122 cm³/mol. The largest absolute Gasteiger partial charge is 0.0985 e. The van der Waals surface area contributed by atoms with E-state index in [1.807, 2.05) is 6.08 Å². The molecule has 0 aliphatic carbocycles. The molecule has 0 fully saturated rings. The molecule has 4 aromatic rings. The van der Waals surface area contributed by atoms with E-state index < -0.39 is 0 Å². The first-order valence-corrected chi connectivity index (χ1v) is 9.64. The van der Waals surface area contributed by atoms with Gasteiger partial charge in [-0.2, -0.15) is 0 Å². The van der Waals surface area contributed by atoms with E-state index in [0.29, 0.717) is 0 Å². The summed E-state index contributed by atoms with van der Waals surface area (Å²) in [6, 6.07) is 32.9. The molecule has 28 heavy (non-hydrogen) atoms. The summed E-state index contributed by atoms with van der Waals surface area (Å²) in [5, 5.41) is 0. The van der Waals surface area contributed by atoms with Gasteiger partial charge in [0.1, 0.15) is 0 Å². The van der Waals surface area contributed by atoms with Crippen molar-refractivity contribution in [3.8, 4) is 33.4 Å². The van der Waals surface area contributed by atoms with Crippen molar-refractivity contribution in [2.75, 3.05) is 0 Å². The Morgan fingerprint density at radius 3 is 1.39 bits per heavy atom. The lowest BCUT2D eigenvalue weighted by molar-refractivity contribution is 1.45. The van der Waals surface area contributed by atoms with Gasteiger partial charge in [-0.15, -0.1) is 0 Å². The first-order valence-electron chi connectivity index (χ1n) is 9.64. The Labute approximate surface area is 167 Å². The molecule has 0 unspecified atom stereocenters. The maximum absolute atomic E-state index is 3.86. The monoisotopic (exact) mass is 360 g/mol. The topological polar surface area (TPSA) is 0 Å². The van der Waals surface area contributed by atoms with Crippen LogP contribution in [0.15, 0.2) is 97.6 Å². The van der Waals surface area contributed by atoms with Crippen LogP contribution in [0.25, 0.3) is 39.5 Å². The molecule has 4 rings (SSSR count). The van der Waals surface area contributed by atoms with Crippen molar-refractivity contribution < 1.29 is 0 Å². The van der Waals surface area contributed by atoms with E-state index in [1.165, 1.54) is 44.5 Å². The maximum Gasteiger partial charge on any atom is -0.0172 e. The van der Waals surface area contributed by atoms with Gasteiger partial charge in [0.25, 0.3) is 0 Å². The van der Waals surface area contributed by atoms with Crippen LogP contribution >= 0.6 is 0 Å². The van der Waals surface area contributed by atoms with E-state index in [-0.39, 0.29) is 0 Å². The molecule has 0 atom stereocenters. The van der Waals surface area contributed by atoms with Gasteiger partial charge in [-0.05, 0) is 71.0 Å².